The summed E-state index contributed by atoms with van der Waals surface area (Å²) in [7, 11) is 0. The van der Waals surface area contributed by atoms with Gasteiger partial charge in [-0.3, -0.25) is 39.0 Å². The normalized spacial score (nSPS) is 25.1. The van der Waals surface area contributed by atoms with Crippen LogP contribution in [0.25, 0.3) is 0 Å². The quantitative estimate of drug-likeness (QED) is 0.348. The number of carbonyl (C=O) groups excluding carboxylic acids is 6. The summed E-state index contributed by atoms with van der Waals surface area (Å²) in [5, 5.41) is 5.64. The molecule has 2 aromatic carbocycles. The first-order chi connectivity index (χ1) is 21.3. The molecule has 0 radical (unpaired) electrons. The highest BCUT2D eigenvalue weighted by Gasteiger charge is 2.46. The van der Waals surface area contributed by atoms with E-state index >= 15 is 0 Å². The van der Waals surface area contributed by atoms with E-state index in [4.69, 9.17) is 4.74 Å². The zero-order valence-electron chi connectivity index (χ0n) is 24.5. The molecule has 44 heavy (non-hydrogen) atoms. The Morgan fingerprint density at radius 2 is 1.66 bits per heavy atom. The van der Waals surface area contributed by atoms with Crippen molar-refractivity contribution in [3.63, 3.8) is 0 Å². The second-order valence-corrected chi connectivity index (χ2v) is 12.2. The van der Waals surface area contributed by atoms with Crippen molar-refractivity contribution in [3.8, 4) is 0 Å². The van der Waals surface area contributed by atoms with Crippen molar-refractivity contribution in [2.75, 3.05) is 18.4 Å². The first-order valence-electron chi connectivity index (χ1n) is 15.4. The summed E-state index contributed by atoms with van der Waals surface area (Å²) in [5.41, 5.74) is 1.96. The van der Waals surface area contributed by atoms with Crippen LogP contribution in [-0.4, -0.2) is 70.5 Å². The molecule has 3 heterocycles. The number of carbonyl (C=O) groups is 6. The number of piperidine rings is 1. The number of imide groups is 2. The number of hydrogen-bond donors (Lipinski definition) is 2. The number of nitrogens with zero attached hydrogens (tertiary/aromatic N) is 2. The van der Waals surface area contributed by atoms with Gasteiger partial charge in [0.05, 0.1) is 17.5 Å². The molecule has 3 fully saturated rings. The molecule has 6 rings (SSSR count). The fourth-order valence-electron chi connectivity index (χ4n) is 6.83. The minimum atomic E-state index is -1.01. The molecule has 230 valence electrons. The van der Waals surface area contributed by atoms with Crippen LogP contribution >= 0.6 is 0 Å². The van der Waals surface area contributed by atoms with Crippen molar-refractivity contribution in [1.82, 2.24) is 15.1 Å². The number of benzene rings is 2. The van der Waals surface area contributed by atoms with Gasteiger partial charge in [-0.1, -0.05) is 36.4 Å². The van der Waals surface area contributed by atoms with E-state index in [2.05, 4.69) is 10.6 Å². The Balaban J connectivity index is 0.993. The van der Waals surface area contributed by atoms with E-state index in [-0.39, 0.29) is 60.3 Å². The molecule has 1 unspecified atom stereocenters. The number of amides is 5. The Labute approximate surface area is 255 Å². The molecule has 3 aliphatic heterocycles. The van der Waals surface area contributed by atoms with Gasteiger partial charge in [0.1, 0.15) is 12.6 Å². The van der Waals surface area contributed by atoms with Crippen LogP contribution in [0, 0.1) is 11.8 Å². The van der Waals surface area contributed by atoms with Gasteiger partial charge in [0.2, 0.25) is 17.7 Å². The van der Waals surface area contributed by atoms with Crippen LogP contribution in [0.15, 0.2) is 48.5 Å². The molecule has 11 nitrogen and oxygen atoms in total. The Morgan fingerprint density at radius 1 is 0.886 bits per heavy atom. The van der Waals surface area contributed by atoms with Crippen molar-refractivity contribution >= 4 is 41.2 Å². The molecule has 2 aromatic rings. The van der Waals surface area contributed by atoms with Crippen molar-refractivity contribution in [2.24, 2.45) is 11.8 Å². The van der Waals surface area contributed by atoms with Gasteiger partial charge in [0, 0.05) is 37.2 Å². The van der Waals surface area contributed by atoms with E-state index in [1.807, 2.05) is 35.2 Å². The van der Waals surface area contributed by atoms with Gasteiger partial charge >= 0.3 is 5.97 Å². The fourth-order valence-corrected chi connectivity index (χ4v) is 6.83. The number of anilines is 1. The predicted octanol–water partition coefficient (Wildman–Crippen LogP) is 3.04. The number of nitrogens with one attached hydrogen (secondary N) is 2. The van der Waals surface area contributed by atoms with E-state index in [0.29, 0.717) is 38.0 Å². The Kier molecular flexibility index (Phi) is 8.45. The zero-order chi connectivity index (χ0) is 30.8. The maximum Gasteiger partial charge on any atom is 0.306 e. The number of hydrogen-bond acceptors (Lipinski definition) is 8. The molecule has 2 N–H and O–H groups in total. The first kappa shape index (κ1) is 29.5. The molecule has 0 aromatic heterocycles. The molecule has 1 aliphatic carbocycles. The van der Waals surface area contributed by atoms with E-state index in [1.54, 1.807) is 18.2 Å². The molecule has 5 amide bonds. The van der Waals surface area contributed by atoms with Gasteiger partial charge in [-0.05, 0) is 62.1 Å². The van der Waals surface area contributed by atoms with Gasteiger partial charge in [-0.2, -0.15) is 0 Å². The molecule has 2 atom stereocenters. The highest BCUT2D eigenvalue weighted by Crippen LogP contribution is 2.35. The topological polar surface area (TPSA) is 142 Å². The van der Waals surface area contributed by atoms with Crippen molar-refractivity contribution in [3.05, 3.63) is 65.2 Å². The summed E-state index contributed by atoms with van der Waals surface area (Å²) in [6.45, 7) is 1.46. The lowest BCUT2D eigenvalue weighted by Crippen LogP contribution is -2.54. The highest BCUT2D eigenvalue weighted by molar-refractivity contribution is 6.25. The van der Waals surface area contributed by atoms with Crippen molar-refractivity contribution < 1.29 is 33.5 Å². The second-order valence-electron chi connectivity index (χ2n) is 12.2. The number of rotatable bonds is 8. The zero-order valence-corrected chi connectivity index (χ0v) is 24.5. The minimum absolute atomic E-state index is 0.0174. The van der Waals surface area contributed by atoms with Crippen molar-refractivity contribution in [2.45, 2.75) is 70.1 Å². The summed E-state index contributed by atoms with van der Waals surface area (Å²) in [5.74, 6) is -2.24. The predicted molar refractivity (Wildman–Crippen MR) is 158 cm³/mol. The van der Waals surface area contributed by atoms with Gasteiger partial charge in [-0.15, -0.1) is 0 Å². The summed E-state index contributed by atoms with van der Waals surface area (Å²) in [4.78, 5) is 79.1. The maximum absolute atomic E-state index is 13.4. The lowest BCUT2D eigenvalue weighted by molar-refractivity contribution is -0.146. The van der Waals surface area contributed by atoms with Gasteiger partial charge in [0.15, 0.2) is 0 Å². The number of esters is 1. The van der Waals surface area contributed by atoms with Crippen molar-refractivity contribution in [1.29, 1.82) is 0 Å². The lowest BCUT2D eigenvalue weighted by Gasteiger charge is -2.32. The maximum atomic E-state index is 13.4. The third kappa shape index (κ3) is 6.09. The van der Waals surface area contributed by atoms with E-state index in [1.165, 1.54) is 0 Å². The molecule has 1 saturated carbocycles. The van der Waals surface area contributed by atoms with E-state index < -0.39 is 29.7 Å². The largest absolute Gasteiger partial charge is 0.461 e. The average molecular weight is 601 g/mol. The van der Waals surface area contributed by atoms with Crippen LogP contribution in [0.1, 0.15) is 77.6 Å². The number of ether oxygens (including phenoxy) is 1. The van der Waals surface area contributed by atoms with E-state index in [0.717, 1.165) is 29.7 Å². The summed E-state index contributed by atoms with van der Waals surface area (Å²) < 4.78 is 5.43. The Bertz CT molecular complexity index is 1480. The van der Waals surface area contributed by atoms with Gasteiger partial charge in [-0.25, -0.2) is 0 Å². The van der Waals surface area contributed by atoms with Crippen LogP contribution in [0.5, 0.6) is 0 Å². The fraction of sp³-hybridized carbons (Fsp3) is 0.455. The summed E-state index contributed by atoms with van der Waals surface area (Å²) >= 11 is 0. The lowest BCUT2D eigenvalue weighted by atomic mass is 9.85. The van der Waals surface area contributed by atoms with Gasteiger partial charge in [0.25, 0.3) is 11.8 Å². The van der Waals surface area contributed by atoms with Crippen LogP contribution in [0.4, 0.5) is 5.69 Å². The monoisotopic (exact) mass is 600 g/mol. The third-order valence-corrected chi connectivity index (χ3v) is 9.20. The van der Waals surface area contributed by atoms with Crippen LogP contribution in [0.2, 0.25) is 0 Å². The van der Waals surface area contributed by atoms with E-state index in [9.17, 15) is 28.8 Å². The molecular formula is C33H36N4O7. The molecule has 11 heteroatoms. The molecule has 0 spiro atoms. The second kappa shape index (κ2) is 12.6. The molecule has 4 aliphatic rings. The smallest absolute Gasteiger partial charge is 0.306 e. The summed E-state index contributed by atoms with van der Waals surface area (Å²) in [6.07, 6.45) is 4.09. The van der Waals surface area contributed by atoms with Crippen LogP contribution in [-0.2, 0) is 30.5 Å². The number of fused-ring (bicyclic) bond motifs is 1. The SMILES string of the molecule is O=C1CCC(N2C(=O)c3cccc(NC4CCC(C(=O)N5CC[C@@H](CC(=O)OCc6ccccc6)C5)CC4)c3C2=O)C(=O)N1. The van der Waals surface area contributed by atoms with Crippen LogP contribution in [0.3, 0.4) is 0 Å². The molecular weight excluding hydrogens is 564 g/mol. The van der Waals surface area contributed by atoms with Gasteiger partial charge < -0.3 is 15.0 Å². The Morgan fingerprint density at radius 3 is 2.41 bits per heavy atom. The first-order valence-corrected chi connectivity index (χ1v) is 15.4. The van der Waals surface area contributed by atoms with Crippen LogP contribution < -0.4 is 10.6 Å². The minimum Gasteiger partial charge on any atom is -0.461 e. The third-order valence-electron chi connectivity index (χ3n) is 9.20. The highest BCUT2D eigenvalue weighted by atomic mass is 16.5. The molecule has 0 bridgehead atoms. The number of likely N-dealkylation sites (tertiary alicyclic amines) is 1. The average Bonchev–Trinajstić information content (AvgIpc) is 3.59. The summed E-state index contributed by atoms with van der Waals surface area (Å²) in [6, 6.07) is 13.6. The molecule has 2 saturated heterocycles. The standard InChI is InChI=1S/C33H36N4O7/c38-27-14-13-26(30(40)35-27)37-32(42)24-7-4-8-25(29(24)33(37)43)34-23-11-9-22(10-12-23)31(41)36-16-15-21(18-36)17-28(39)44-19-20-5-2-1-3-6-20/h1-8,21-23,26,34H,9-19H2,(H,35,38,40)/t21-,22?,23?,26?/m0/s1. The Hall–Kier alpha value is -4.54.